The summed E-state index contributed by atoms with van der Waals surface area (Å²) in [7, 11) is 3.17. The minimum Gasteiger partial charge on any atom is -0.497 e. The number of hydrogen-bond donors (Lipinski definition) is 1. The predicted molar refractivity (Wildman–Crippen MR) is 110 cm³/mol. The summed E-state index contributed by atoms with van der Waals surface area (Å²) in [6.07, 6.45) is 1.72. The van der Waals surface area contributed by atoms with E-state index in [1.807, 2.05) is 36.4 Å². The van der Waals surface area contributed by atoms with Crippen molar-refractivity contribution in [2.24, 2.45) is 0 Å². The normalized spacial score (nSPS) is 10.7. The number of pyridine rings is 1. The Balaban J connectivity index is 1.41. The monoisotopic (exact) mass is 404 g/mol. The molecule has 1 amide bonds. The van der Waals surface area contributed by atoms with Crippen LogP contribution in [0.25, 0.3) is 22.4 Å². The first-order valence-electron chi connectivity index (χ1n) is 9.31. The number of fused-ring (bicyclic) bond motifs is 1. The highest BCUT2D eigenvalue weighted by Crippen LogP contribution is 2.24. The van der Waals surface area contributed by atoms with Crippen molar-refractivity contribution in [1.29, 1.82) is 0 Å². The number of aromatic nitrogens is 3. The molecule has 0 saturated carbocycles. The fraction of sp³-hybridized carbons (Fsp3) is 0.182. The number of hydrogen-bond acceptors (Lipinski definition) is 7. The van der Waals surface area contributed by atoms with Crippen molar-refractivity contribution >= 4 is 16.8 Å². The van der Waals surface area contributed by atoms with Crippen LogP contribution in [0.3, 0.4) is 0 Å². The highest BCUT2D eigenvalue weighted by atomic mass is 16.5. The highest BCUT2D eigenvalue weighted by Gasteiger charge is 2.14. The second-order valence-electron chi connectivity index (χ2n) is 6.54. The minimum absolute atomic E-state index is 0.0194. The van der Waals surface area contributed by atoms with Gasteiger partial charge >= 0.3 is 0 Å². The van der Waals surface area contributed by atoms with Crippen molar-refractivity contribution in [2.45, 2.75) is 13.0 Å². The Bertz CT molecular complexity index is 1190. The van der Waals surface area contributed by atoms with Crippen molar-refractivity contribution < 1.29 is 18.7 Å². The fourth-order valence-electron chi connectivity index (χ4n) is 3.06. The third-order valence-corrected chi connectivity index (χ3v) is 4.59. The second-order valence-corrected chi connectivity index (χ2v) is 6.54. The van der Waals surface area contributed by atoms with Crippen LogP contribution in [0, 0.1) is 0 Å². The van der Waals surface area contributed by atoms with Gasteiger partial charge in [-0.15, -0.1) is 10.2 Å². The number of amides is 1. The Labute approximate surface area is 172 Å². The molecule has 30 heavy (non-hydrogen) atoms. The van der Waals surface area contributed by atoms with Crippen LogP contribution in [0.2, 0.25) is 0 Å². The number of nitrogens with zero attached hydrogens (tertiary/aromatic N) is 3. The molecule has 152 valence electrons. The number of benzene rings is 2. The zero-order valence-corrected chi connectivity index (χ0v) is 16.6. The third-order valence-electron chi connectivity index (χ3n) is 4.59. The average Bonchev–Trinajstić information content (AvgIpc) is 3.25. The number of rotatable bonds is 7. The molecular weight excluding hydrogens is 384 g/mol. The van der Waals surface area contributed by atoms with E-state index in [4.69, 9.17) is 13.9 Å². The van der Waals surface area contributed by atoms with Gasteiger partial charge < -0.3 is 19.2 Å². The summed E-state index contributed by atoms with van der Waals surface area (Å²) in [5, 5.41) is 11.9. The van der Waals surface area contributed by atoms with Gasteiger partial charge in [-0.2, -0.15) is 0 Å². The van der Waals surface area contributed by atoms with Crippen LogP contribution in [0.15, 0.2) is 59.1 Å². The molecular formula is C22H20N4O4. The third kappa shape index (κ3) is 4.22. The van der Waals surface area contributed by atoms with Crippen molar-refractivity contribution in [2.75, 3.05) is 14.2 Å². The summed E-state index contributed by atoms with van der Waals surface area (Å²) < 4.78 is 16.2. The van der Waals surface area contributed by atoms with Crippen LogP contribution in [0.1, 0.15) is 11.5 Å². The summed E-state index contributed by atoms with van der Waals surface area (Å²) in [5.74, 6) is 1.72. The first kappa shape index (κ1) is 19.4. The van der Waals surface area contributed by atoms with E-state index in [1.54, 1.807) is 32.5 Å². The van der Waals surface area contributed by atoms with Crippen molar-refractivity contribution in [3.63, 3.8) is 0 Å². The molecule has 4 aromatic rings. The van der Waals surface area contributed by atoms with Gasteiger partial charge in [-0.3, -0.25) is 9.78 Å². The van der Waals surface area contributed by atoms with Gasteiger partial charge in [0.1, 0.15) is 17.9 Å². The summed E-state index contributed by atoms with van der Waals surface area (Å²) in [5.41, 5.74) is 2.46. The van der Waals surface area contributed by atoms with Gasteiger partial charge in [-0.25, -0.2) is 0 Å². The van der Waals surface area contributed by atoms with Gasteiger partial charge in [0.15, 0.2) is 0 Å². The van der Waals surface area contributed by atoms with Crippen LogP contribution in [0.5, 0.6) is 11.5 Å². The van der Waals surface area contributed by atoms with E-state index in [-0.39, 0.29) is 24.8 Å². The number of nitrogens with one attached hydrogen (secondary N) is 1. The Kier molecular flexibility index (Phi) is 5.56. The SMILES string of the molecule is COc1ccc(OC)c(CNC(=O)Cc2nnc(-c3ccc4ncccc4c3)o2)c1. The number of carbonyl (C=O) groups is 1. The molecule has 1 N–H and O–H groups in total. The van der Waals surface area contributed by atoms with Crippen LogP contribution >= 0.6 is 0 Å². The van der Waals surface area contributed by atoms with Gasteiger partial charge in [0.2, 0.25) is 17.7 Å². The Morgan fingerprint density at radius 3 is 2.80 bits per heavy atom. The van der Waals surface area contributed by atoms with Gasteiger partial charge in [0.05, 0.1) is 19.7 Å². The molecule has 2 aromatic carbocycles. The lowest BCUT2D eigenvalue weighted by Gasteiger charge is -2.11. The molecule has 0 saturated heterocycles. The molecule has 4 rings (SSSR count). The fourth-order valence-corrected chi connectivity index (χ4v) is 3.06. The molecule has 0 atom stereocenters. The maximum Gasteiger partial charge on any atom is 0.247 e. The summed E-state index contributed by atoms with van der Waals surface area (Å²) in [4.78, 5) is 16.6. The van der Waals surface area contributed by atoms with E-state index in [1.165, 1.54) is 0 Å². The van der Waals surface area contributed by atoms with Crippen molar-refractivity contribution in [1.82, 2.24) is 20.5 Å². The van der Waals surface area contributed by atoms with Gasteiger partial charge in [-0.05, 0) is 42.5 Å². The van der Waals surface area contributed by atoms with E-state index in [2.05, 4.69) is 20.5 Å². The maximum absolute atomic E-state index is 12.3. The van der Waals surface area contributed by atoms with Crippen LogP contribution in [0.4, 0.5) is 0 Å². The lowest BCUT2D eigenvalue weighted by atomic mass is 10.1. The topological polar surface area (TPSA) is 99.4 Å². The molecule has 0 bridgehead atoms. The quantitative estimate of drug-likeness (QED) is 0.505. The largest absolute Gasteiger partial charge is 0.497 e. The van der Waals surface area contributed by atoms with E-state index < -0.39 is 0 Å². The average molecular weight is 404 g/mol. The zero-order chi connectivity index (χ0) is 20.9. The number of ether oxygens (including phenoxy) is 2. The van der Waals surface area contributed by atoms with Crippen LogP contribution in [-0.2, 0) is 17.8 Å². The van der Waals surface area contributed by atoms with E-state index >= 15 is 0 Å². The molecule has 0 aliphatic carbocycles. The number of methoxy groups -OCH3 is 2. The lowest BCUT2D eigenvalue weighted by molar-refractivity contribution is -0.120. The molecule has 0 radical (unpaired) electrons. The summed E-state index contributed by atoms with van der Waals surface area (Å²) in [6.45, 7) is 0.290. The molecule has 8 nitrogen and oxygen atoms in total. The summed E-state index contributed by atoms with van der Waals surface area (Å²) in [6, 6.07) is 14.9. The molecule has 0 fully saturated rings. The van der Waals surface area contributed by atoms with Crippen molar-refractivity contribution in [3.8, 4) is 23.0 Å². The van der Waals surface area contributed by atoms with Crippen molar-refractivity contribution in [3.05, 3.63) is 66.2 Å². The second kappa shape index (κ2) is 8.60. The molecule has 0 spiro atoms. The van der Waals surface area contributed by atoms with Gasteiger partial charge in [0.25, 0.3) is 0 Å². The van der Waals surface area contributed by atoms with E-state index in [0.29, 0.717) is 17.4 Å². The lowest BCUT2D eigenvalue weighted by Crippen LogP contribution is -2.25. The molecule has 0 aliphatic heterocycles. The molecule has 8 heteroatoms. The van der Waals surface area contributed by atoms with Crippen LogP contribution < -0.4 is 14.8 Å². The Hall–Kier alpha value is -3.94. The standard InChI is InChI=1S/C22H20N4O4/c1-28-17-6-8-19(29-2)16(11-17)13-24-20(27)12-21-25-26-22(30-21)15-5-7-18-14(10-15)4-3-9-23-18/h3-11H,12-13H2,1-2H3,(H,24,27). The van der Waals surface area contributed by atoms with E-state index in [9.17, 15) is 4.79 Å². The minimum atomic E-state index is -0.238. The number of carbonyl (C=O) groups excluding carboxylic acids is 1. The summed E-state index contributed by atoms with van der Waals surface area (Å²) >= 11 is 0. The smallest absolute Gasteiger partial charge is 0.247 e. The predicted octanol–water partition coefficient (Wildman–Crippen LogP) is 3.16. The first-order valence-corrected chi connectivity index (χ1v) is 9.31. The van der Waals surface area contributed by atoms with Gasteiger partial charge in [-0.1, -0.05) is 6.07 Å². The maximum atomic E-state index is 12.3. The zero-order valence-electron chi connectivity index (χ0n) is 16.6. The molecule has 0 unspecified atom stereocenters. The Morgan fingerprint density at radius 1 is 1.07 bits per heavy atom. The van der Waals surface area contributed by atoms with E-state index in [0.717, 1.165) is 22.0 Å². The molecule has 2 aromatic heterocycles. The molecule has 0 aliphatic rings. The Morgan fingerprint density at radius 2 is 1.97 bits per heavy atom. The highest BCUT2D eigenvalue weighted by molar-refractivity contribution is 5.83. The first-order chi connectivity index (χ1) is 14.7. The van der Waals surface area contributed by atoms with Gasteiger partial charge in [0, 0.05) is 29.3 Å². The molecule has 2 heterocycles. The van der Waals surface area contributed by atoms with Crippen LogP contribution in [-0.4, -0.2) is 35.3 Å².